The number of halogens is 4. The highest BCUT2D eigenvalue weighted by molar-refractivity contribution is 7.80. The molecule has 0 radical (unpaired) electrons. The van der Waals surface area contributed by atoms with Crippen LogP contribution in [0.4, 0.5) is 0 Å². The summed E-state index contributed by atoms with van der Waals surface area (Å²) in [5.41, 5.74) is 1.63. The van der Waals surface area contributed by atoms with Crippen molar-refractivity contribution < 1.29 is 0 Å². The molecular formula is C16H10Cl4N4S2. The molecule has 0 amide bonds. The fourth-order valence-electron chi connectivity index (χ4n) is 3.03. The fraction of sp³-hybridized carbons (Fsp3) is 0.125. The number of fused-ring (bicyclic) bond motifs is 1. The Bertz CT molecular complexity index is 863. The molecule has 10 heteroatoms. The average molecular weight is 464 g/mol. The highest BCUT2D eigenvalue weighted by Gasteiger charge is 2.48. The maximum atomic E-state index is 6.38. The first kappa shape index (κ1) is 18.3. The van der Waals surface area contributed by atoms with E-state index in [-0.39, 0.29) is 12.3 Å². The molecule has 4 nitrogen and oxygen atoms in total. The Morgan fingerprint density at radius 3 is 1.42 bits per heavy atom. The monoisotopic (exact) mass is 462 g/mol. The second-order valence-electron chi connectivity index (χ2n) is 5.72. The summed E-state index contributed by atoms with van der Waals surface area (Å²) in [6.45, 7) is 0. The molecular weight excluding hydrogens is 454 g/mol. The Hall–Kier alpha value is -1.02. The zero-order valence-corrected chi connectivity index (χ0v) is 17.5. The molecule has 0 spiro atoms. The van der Waals surface area contributed by atoms with E-state index >= 15 is 0 Å². The minimum absolute atomic E-state index is 0.344. The lowest BCUT2D eigenvalue weighted by atomic mass is 10.1. The summed E-state index contributed by atoms with van der Waals surface area (Å²) in [6.07, 6.45) is -0.688. The van der Waals surface area contributed by atoms with Gasteiger partial charge in [0.15, 0.2) is 22.6 Å². The lowest BCUT2D eigenvalue weighted by Crippen LogP contribution is -2.36. The molecule has 2 fully saturated rings. The number of thiocarbonyl (C=S) groups is 2. The van der Waals surface area contributed by atoms with Crippen LogP contribution in [0.5, 0.6) is 0 Å². The van der Waals surface area contributed by atoms with E-state index < -0.39 is 0 Å². The Morgan fingerprint density at radius 1 is 0.692 bits per heavy atom. The van der Waals surface area contributed by atoms with Crippen molar-refractivity contribution in [3.8, 4) is 0 Å². The molecule has 2 aliphatic heterocycles. The molecule has 0 aliphatic carbocycles. The lowest BCUT2D eigenvalue weighted by molar-refractivity contribution is 0.114. The highest BCUT2D eigenvalue weighted by atomic mass is 35.5. The van der Waals surface area contributed by atoms with E-state index in [9.17, 15) is 0 Å². The highest BCUT2D eigenvalue weighted by Crippen LogP contribution is 2.41. The summed E-state index contributed by atoms with van der Waals surface area (Å²) in [6, 6.07) is 10.6. The number of rotatable bonds is 2. The molecule has 134 valence electrons. The van der Waals surface area contributed by atoms with Crippen molar-refractivity contribution in [1.29, 1.82) is 0 Å². The van der Waals surface area contributed by atoms with Gasteiger partial charge in [0.05, 0.1) is 0 Å². The van der Waals surface area contributed by atoms with Gasteiger partial charge in [-0.1, -0.05) is 58.5 Å². The van der Waals surface area contributed by atoms with Crippen LogP contribution in [0.1, 0.15) is 23.5 Å². The Kier molecular flexibility index (Phi) is 4.84. The van der Waals surface area contributed by atoms with Gasteiger partial charge in [0, 0.05) is 31.2 Å². The van der Waals surface area contributed by atoms with Gasteiger partial charge in [-0.05, 0) is 48.7 Å². The van der Waals surface area contributed by atoms with Crippen LogP contribution in [-0.4, -0.2) is 20.2 Å². The van der Waals surface area contributed by atoms with E-state index in [1.54, 1.807) is 24.3 Å². The van der Waals surface area contributed by atoms with Crippen LogP contribution >= 0.6 is 70.8 Å². The van der Waals surface area contributed by atoms with Crippen LogP contribution in [0, 0.1) is 0 Å². The van der Waals surface area contributed by atoms with E-state index in [2.05, 4.69) is 10.6 Å². The van der Waals surface area contributed by atoms with Crippen LogP contribution < -0.4 is 10.6 Å². The van der Waals surface area contributed by atoms with E-state index in [1.165, 1.54) is 0 Å². The molecule has 4 rings (SSSR count). The third-order valence-electron chi connectivity index (χ3n) is 4.17. The first-order chi connectivity index (χ1) is 12.4. The third kappa shape index (κ3) is 2.99. The van der Waals surface area contributed by atoms with Gasteiger partial charge in [-0.3, -0.25) is 0 Å². The summed E-state index contributed by atoms with van der Waals surface area (Å²) >= 11 is 35.8. The van der Waals surface area contributed by atoms with Crippen molar-refractivity contribution in [3.63, 3.8) is 0 Å². The van der Waals surface area contributed by atoms with E-state index in [0.717, 1.165) is 11.1 Å². The molecule has 2 heterocycles. The van der Waals surface area contributed by atoms with Crippen molar-refractivity contribution in [3.05, 3.63) is 67.6 Å². The first-order valence-corrected chi connectivity index (χ1v) is 9.79. The van der Waals surface area contributed by atoms with Crippen LogP contribution in [-0.2, 0) is 0 Å². The molecule has 2 N–H and O–H groups in total. The van der Waals surface area contributed by atoms with Gasteiger partial charge in [-0.25, -0.2) is 10.0 Å². The number of nitrogens with zero attached hydrogens (tertiary/aromatic N) is 2. The zero-order valence-electron chi connectivity index (χ0n) is 12.8. The van der Waals surface area contributed by atoms with Gasteiger partial charge in [-0.15, -0.1) is 0 Å². The minimum atomic E-state index is -0.344. The Balaban J connectivity index is 1.73. The molecule has 0 aromatic heterocycles. The Labute approximate surface area is 180 Å². The molecule has 2 aromatic carbocycles. The summed E-state index contributed by atoms with van der Waals surface area (Å²) in [5.74, 6) is 0. The molecule has 0 bridgehead atoms. The first-order valence-electron chi connectivity index (χ1n) is 7.46. The molecule has 0 unspecified atom stereocenters. The molecule has 2 aromatic rings. The average Bonchev–Trinajstić information content (AvgIpc) is 3.07. The minimum Gasteiger partial charge on any atom is -0.336 e. The standard InChI is InChI=1S/C16H10Cl4N4S2/c17-7-1-3-9(11(19)5-7)13-21-15(25)24-14(22-16(26)23(13)24)10-4-2-8(18)6-12(10)20/h1-6,13-14H,(H,21,25)(H,22,26)/t13-,14-/m0/s1. The van der Waals surface area contributed by atoms with Crippen molar-refractivity contribution >= 4 is 81.1 Å². The van der Waals surface area contributed by atoms with Crippen LogP contribution in [0.3, 0.4) is 0 Å². The zero-order chi connectivity index (χ0) is 18.6. The third-order valence-corrected chi connectivity index (χ3v) is 5.91. The summed E-state index contributed by atoms with van der Waals surface area (Å²) in [4.78, 5) is 0. The molecule has 2 atom stereocenters. The predicted molar refractivity (Wildman–Crippen MR) is 114 cm³/mol. The normalized spacial score (nSPS) is 21.7. The summed E-state index contributed by atoms with van der Waals surface area (Å²) in [7, 11) is 0. The van der Waals surface area contributed by atoms with Crippen molar-refractivity contribution in [2.45, 2.75) is 12.3 Å². The number of hydrogen-bond donors (Lipinski definition) is 2. The molecule has 26 heavy (non-hydrogen) atoms. The Morgan fingerprint density at radius 2 is 1.08 bits per heavy atom. The predicted octanol–water partition coefficient (Wildman–Crippen LogP) is 5.29. The number of nitrogens with one attached hydrogen (secondary N) is 2. The number of hydrazine groups is 1. The van der Waals surface area contributed by atoms with Crippen LogP contribution in [0.15, 0.2) is 36.4 Å². The quantitative estimate of drug-likeness (QED) is 0.588. The lowest BCUT2D eigenvalue weighted by Gasteiger charge is -2.27. The molecule has 2 saturated heterocycles. The summed E-state index contributed by atoms with van der Waals surface area (Å²) < 4.78 is 0. The SMILES string of the molecule is S=C1N[C@H](c2ccc(Cl)cc2Cl)N2C(=S)N[C@H](c3ccc(Cl)cc3Cl)N12. The van der Waals surface area contributed by atoms with Crippen molar-refractivity contribution in [2.24, 2.45) is 0 Å². The number of benzene rings is 2. The van der Waals surface area contributed by atoms with E-state index in [4.69, 9.17) is 70.8 Å². The van der Waals surface area contributed by atoms with E-state index in [1.807, 2.05) is 22.2 Å². The van der Waals surface area contributed by atoms with Gasteiger partial charge in [0.1, 0.15) is 0 Å². The van der Waals surface area contributed by atoms with Crippen LogP contribution in [0.2, 0.25) is 20.1 Å². The van der Waals surface area contributed by atoms with Crippen molar-refractivity contribution in [2.75, 3.05) is 0 Å². The second-order valence-corrected chi connectivity index (χ2v) is 8.19. The largest absolute Gasteiger partial charge is 0.336 e. The van der Waals surface area contributed by atoms with Crippen LogP contribution in [0.25, 0.3) is 0 Å². The van der Waals surface area contributed by atoms with Gasteiger partial charge in [0.25, 0.3) is 0 Å². The maximum Gasteiger partial charge on any atom is 0.192 e. The topological polar surface area (TPSA) is 30.5 Å². The number of hydrogen-bond acceptors (Lipinski definition) is 2. The summed E-state index contributed by atoms with van der Waals surface area (Å²) in [5, 5.41) is 13.4. The van der Waals surface area contributed by atoms with Gasteiger partial charge in [0.2, 0.25) is 0 Å². The van der Waals surface area contributed by atoms with Gasteiger partial charge in [-0.2, -0.15) is 0 Å². The smallest absolute Gasteiger partial charge is 0.192 e. The van der Waals surface area contributed by atoms with Gasteiger partial charge < -0.3 is 10.6 Å². The molecule has 2 aliphatic rings. The second kappa shape index (κ2) is 6.86. The molecule has 0 saturated carbocycles. The van der Waals surface area contributed by atoms with Crippen molar-refractivity contribution in [1.82, 2.24) is 20.7 Å². The maximum absolute atomic E-state index is 6.38. The fourth-order valence-corrected chi connectivity index (χ4v) is 4.67. The van der Waals surface area contributed by atoms with E-state index in [0.29, 0.717) is 30.3 Å². The van der Waals surface area contributed by atoms with Gasteiger partial charge >= 0.3 is 0 Å².